The second kappa shape index (κ2) is 12.1. The Hall–Kier alpha value is -3.94. The molecule has 0 radical (unpaired) electrons. The highest BCUT2D eigenvalue weighted by Crippen LogP contribution is 2.32. The lowest BCUT2D eigenvalue weighted by molar-refractivity contribution is -0.384. The van der Waals surface area contributed by atoms with Gasteiger partial charge < -0.3 is 14.8 Å². The maximum Gasteiger partial charge on any atom is 0.407 e. The van der Waals surface area contributed by atoms with Crippen LogP contribution in [-0.4, -0.2) is 43.5 Å². The minimum Gasteiger partial charge on any atom is -0.445 e. The molecule has 198 valence electrons. The number of carbonyl (C=O) groups is 2. The first-order valence-corrected chi connectivity index (χ1v) is 13.7. The number of non-ortho nitro benzene ring substituents is 1. The van der Waals surface area contributed by atoms with E-state index in [2.05, 4.69) is 5.32 Å². The van der Waals surface area contributed by atoms with Crippen LogP contribution in [0.2, 0.25) is 0 Å². The van der Waals surface area contributed by atoms with E-state index < -0.39 is 39.4 Å². The van der Waals surface area contributed by atoms with Crippen molar-refractivity contribution in [2.75, 3.05) is 5.75 Å². The van der Waals surface area contributed by atoms with E-state index in [4.69, 9.17) is 13.7 Å². The van der Waals surface area contributed by atoms with Gasteiger partial charge in [0.05, 0.1) is 10.5 Å². The van der Waals surface area contributed by atoms with Gasteiger partial charge in [0.15, 0.2) is 0 Å². The molecule has 0 saturated heterocycles. The Balaban J connectivity index is 1.52. The van der Waals surface area contributed by atoms with Crippen molar-refractivity contribution in [1.29, 1.82) is 0 Å². The monoisotopic (exact) mass is 558 g/mol. The van der Waals surface area contributed by atoms with E-state index in [1.165, 1.54) is 36.0 Å². The number of fused-ring (bicyclic) bond motifs is 1. The van der Waals surface area contributed by atoms with Crippen LogP contribution in [0.3, 0.4) is 0 Å². The van der Waals surface area contributed by atoms with E-state index in [0.717, 1.165) is 17.7 Å². The summed E-state index contributed by atoms with van der Waals surface area (Å²) >= 11 is 1.19. The number of ether oxygens (including phenoxy) is 2. The van der Waals surface area contributed by atoms with Gasteiger partial charge in [-0.1, -0.05) is 42.5 Å². The molecule has 13 heteroatoms. The van der Waals surface area contributed by atoms with Gasteiger partial charge in [-0.15, -0.1) is 11.8 Å². The van der Waals surface area contributed by atoms with Crippen molar-refractivity contribution in [2.24, 2.45) is 0 Å². The van der Waals surface area contributed by atoms with Crippen molar-refractivity contribution in [3.8, 4) is 0 Å². The number of nitro groups is 1. The van der Waals surface area contributed by atoms with Gasteiger partial charge in [-0.3, -0.25) is 10.1 Å². The number of carbonyl (C=O) groups excluding carboxylic acids is 2. The minimum absolute atomic E-state index is 0.0266. The summed E-state index contributed by atoms with van der Waals surface area (Å²) in [6, 6.07) is 19.1. The number of nitrogens with one attached hydrogen (secondary N) is 1. The molecule has 1 heterocycles. The molecule has 0 saturated carbocycles. The lowest BCUT2D eigenvalue weighted by atomic mass is 10.2. The van der Waals surface area contributed by atoms with Crippen LogP contribution in [0.25, 0.3) is 0 Å². The van der Waals surface area contributed by atoms with Crippen LogP contribution in [0.15, 0.2) is 88.7 Å². The summed E-state index contributed by atoms with van der Waals surface area (Å²) in [5.74, 6) is -0.729. The first-order chi connectivity index (χ1) is 18.2. The number of hydrogen-bond donors (Lipinski definition) is 1. The zero-order valence-corrected chi connectivity index (χ0v) is 21.4. The molecule has 0 fully saturated rings. The van der Waals surface area contributed by atoms with Crippen LogP contribution in [0.4, 0.5) is 10.5 Å². The average molecular weight is 559 g/mol. The van der Waals surface area contributed by atoms with E-state index >= 15 is 0 Å². The molecule has 0 bridgehead atoms. The highest BCUT2D eigenvalue weighted by Gasteiger charge is 2.32. The SMILES string of the molecule is O=C(N[C@H]1CSc2ccccc2S(=O)(=O)OC(OC(=O)c2ccc([N+](=O)[O-])cc2)C1)OCc1ccccc1. The van der Waals surface area contributed by atoms with Gasteiger partial charge in [-0.2, -0.15) is 8.42 Å². The van der Waals surface area contributed by atoms with Gasteiger partial charge in [0.2, 0.25) is 6.29 Å². The highest BCUT2D eigenvalue weighted by molar-refractivity contribution is 8.00. The second-order valence-electron chi connectivity index (χ2n) is 8.09. The van der Waals surface area contributed by atoms with Crippen molar-refractivity contribution in [1.82, 2.24) is 5.32 Å². The third-order valence-electron chi connectivity index (χ3n) is 5.36. The fraction of sp³-hybridized carbons (Fsp3) is 0.200. The van der Waals surface area contributed by atoms with E-state index in [0.29, 0.717) is 4.90 Å². The molecule has 4 rings (SSSR count). The summed E-state index contributed by atoms with van der Waals surface area (Å²) in [5.41, 5.74) is 0.512. The molecular weight excluding hydrogens is 536 g/mol. The van der Waals surface area contributed by atoms with E-state index in [1.54, 1.807) is 24.3 Å². The maximum absolute atomic E-state index is 13.0. The third kappa shape index (κ3) is 7.09. The number of amides is 1. The van der Waals surface area contributed by atoms with Crippen molar-refractivity contribution in [2.45, 2.75) is 35.2 Å². The van der Waals surface area contributed by atoms with Crippen LogP contribution in [0.1, 0.15) is 22.3 Å². The number of esters is 1. The molecule has 2 atom stereocenters. The first kappa shape index (κ1) is 27.1. The van der Waals surface area contributed by atoms with Crippen LogP contribution in [0, 0.1) is 10.1 Å². The molecule has 3 aromatic carbocycles. The maximum atomic E-state index is 13.0. The fourth-order valence-corrected chi connectivity index (χ4v) is 6.04. The minimum atomic E-state index is -4.35. The Kier molecular flexibility index (Phi) is 8.61. The van der Waals surface area contributed by atoms with Gasteiger partial charge in [0.1, 0.15) is 11.5 Å². The quantitative estimate of drug-likeness (QED) is 0.201. The zero-order chi connectivity index (χ0) is 27.1. The molecule has 1 amide bonds. The second-order valence-corrected chi connectivity index (χ2v) is 10.7. The number of nitro benzene ring substituents is 1. The standard InChI is InChI=1S/C25H22N2O9S2/c28-24(18-10-12-20(13-11-18)27(30)31)35-23-14-19(26-25(29)34-15-17-6-2-1-3-7-17)16-37-21-8-4-5-9-22(21)38(32,33)36-23/h1-13,19,23H,14-16H2,(H,26,29)/t19-,23?/m1/s1. The molecule has 0 aromatic heterocycles. The molecule has 1 N–H and O–H groups in total. The van der Waals surface area contributed by atoms with Gasteiger partial charge in [0, 0.05) is 35.2 Å². The van der Waals surface area contributed by atoms with Crippen molar-refractivity contribution in [3.05, 3.63) is 100 Å². The molecule has 1 aliphatic heterocycles. The Bertz CT molecular complexity index is 1410. The number of rotatable bonds is 6. The lowest BCUT2D eigenvalue weighted by Crippen LogP contribution is -2.41. The molecule has 0 spiro atoms. The topological polar surface area (TPSA) is 151 Å². The smallest absolute Gasteiger partial charge is 0.407 e. The van der Waals surface area contributed by atoms with Crippen LogP contribution >= 0.6 is 11.8 Å². The lowest BCUT2D eigenvalue weighted by Gasteiger charge is -2.22. The Morgan fingerprint density at radius 2 is 1.71 bits per heavy atom. The van der Waals surface area contributed by atoms with E-state index in [-0.39, 0.29) is 34.9 Å². The summed E-state index contributed by atoms with van der Waals surface area (Å²) in [6.07, 6.45) is -2.55. The predicted octanol–water partition coefficient (Wildman–Crippen LogP) is 4.27. The largest absolute Gasteiger partial charge is 0.445 e. The van der Waals surface area contributed by atoms with Gasteiger partial charge in [0.25, 0.3) is 5.69 Å². The number of nitrogens with zero attached hydrogens (tertiary/aromatic N) is 1. The van der Waals surface area contributed by atoms with Crippen molar-refractivity contribution in [3.63, 3.8) is 0 Å². The number of alkyl carbamates (subject to hydrolysis) is 1. The van der Waals surface area contributed by atoms with Crippen molar-refractivity contribution >= 4 is 39.6 Å². The molecule has 3 aromatic rings. The first-order valence-electron chi connectivity index (χ1n) is 11.3. The van der Waals surface area contributed by atoms with E-state index in [1.807, 2.05) is 18.2 Å². The highest BCUT2D eigenvalue weighted by atomic mass is 32.2. The molecule has 1 unspecified atom stereocenters. The molecule has 38 heavy (non-hydrogen) atoms. The fourth-order valence-electron chi connectivity index (χ4n) is 3.51. The normalized spacial score (nSPS) is 18.5. The predicted molar refractivity (Wildman–Crippen MR) is 136 cm³/mol. The van der Waals surface area contributed by atoms with Crippen molar-refractivity contribution < 1.29 is 36.6 Å². The number of thioether (sulfide) groups is 1. The van der Waals surface area contributed by atoms with Crippen LogP contribution < -0.4 is 5.32 Å². The average Bonchev–Trinajstić information content (AvgIpc) is 2.95. The third-order valence-corrected chi connectivity index (χ3v) is 8.08. The summed E-state index contributed by atoms with van der Waals surface area (Å²) in [7, 11) is -4.35. The van der Waals surface area contributed by atoms with Gasteiger partial charge in [-0.05, 0) is 29.8 Å². The summed E-state index contributed by atoms with van der Waals surface area (Å²) < 4.78 is 42.0. The summed E-state index contributed by atoms with van der Waals surface area (Å²) in [5, 5.41) is 13.6. The molecular formula is C25H22N2O9S2. The zero-order valence-electron chi connectivity index (χ0n) is 19.7. The Labute approximate surface area is 222 Å². The Morgan fingerprint density at radius 1 is 1.03 bits per heavy atom. The summed E-state index contributed by atoms with van der Waals surface area (Å²) in [4.78, 5) is 35.8. The number of benzene rings is 3. The van der Waals surface area contributed by atoms with E-state index in [9.17, 15) is 28.1 Å². The molecule has 0 aliphatic carbocycles. The summed E-state index contributed by atoms with van der Waals surface area (Å²) in [6.45, 7) is 0.0266. The molecule has 11 nitrogen and oxygen atoms in total. The van der Waals surface area contributed by atoms with Crippen LogP contribution in [0.5, 0.6) is 0 Å². The molecule has 1 aliphatic rings. The number of hydrogen-bond acceptors (Lipinski definition) is 10. The van der Waals surface area contributed by atoms with Gasteiger partial charge >= 0.3 is 22.2 Å². The van der Waals surface area contributed by atoms with Gasteiger partial charge in [-0.25, -0.2) is 13.8 Å². The van der Waals surface area contributed by atoms with Crippen LogP contribution in [-0.2, 0) is 30.4 Å². The Morgan fingerprint density at radius 3 is 2.42 bits per heavy atom.